The SMILES string of the molecule is Nc1cnc2[nH]cc(C(=O)O)c2c1. The summed E-state index contributed by atoms with van der Waals surface area (Å²) < 4.78 is 0. The minimum atomic E-state index is -0.987. The smallest absolute Gasteiger partial charge is 0.337 e. The zero-order chi connectivity index (χ0) is 9.42. The molecule has 0 radical (unpaired) electrons. The first-order chi connectivity index (χ1) is 6.18. The molecule has 0 spiro atoms. The van der Waals surface area contributed by atoms with Crippen LogP contribution in [0, 0.1) is 0 Å². The summed E-state index contributed by atoms with van der Waals surface area (Å²) in [6.07, 6.45) is 2.88. The van der Waals surface area contributed by atoms with Gasteiger partial charge in [0.05, 0.1) is 17.4 Å². The summed E-state index contributed by atoms with van der Waals surface area (Å²) in [5, 5.41) is 9.31. The number of aromatic carboxylic acids is 1. The van der Waals surface area contributed by atoms with Crippen molar-refractivity contribution in [2.45, 2.75) is 0 Å². The Balaban J connectivity index is 2.79. The monoisotopic (exact) mass is 177 g/mol. The second kappa shape index (κ2) is 2.48. The number of nitrogens with zero attached hydrogens (tertiary/aromatic N) is 1. The number of hydrogen-bond acceptors (Lipinski definition) is 3. The predicted molar refractivity (Wildman–Crippen MR) is 47.5 cm³/mol. The normalized spacial score (nSPS) is 10.5. The third-order valence-electron chi connectivity index (χ3n) is 1.78. The number of nitrogens with two attached hydrogens (primary N) is 1. The highest BCUT2D eigenvalue weighted by molar-refractivity contribution is 6.02. The lowest BCUT2D eigenvalue weighted by Crippen LogP contribution is -1.94. The van der Waals surface area contributed by atoms with Crippen molar-refractivity contribution in [3.05, 3.63) is 24.0 Å². The number of rotatable bonds is 1. The first-order valence-corrected chi connectivity index (χ1v) is 3.64. The van der Waals surface area contributed by atoms with Gasteiger partial charge in [0.1, 0.15) is 5.65 Å². The van der Waals surface area contributed by atoms with Gasteiger partial charge in [0.25, 0.3) is 0 Å². The van der Waals surface area contributed by atoms with Crippen molar-refractivity contribution in [2.24, 2.45) is 0 Å². The van der Waals surface area contributed by atoms with E-state index in [9.17, 15) is 4.79 Å². The molecule has 5 nitrogen and oxygen atoms in total. The van der Waals surface area contributed by atoms with E-state index in [-0.39, 0.29) is 5.56 Å². The van der Waals surface area contributed by atoms with Crippen molar-refractivity contribution < 1.29 is 9.90 Å². The number of aromatic nitrogens is 2. The average Bonchev–Trinajstić information content (AvgIpc) is 2.46. The summed E-state index contributed by atoms with van der Waals surface area (Å²) in [5.41, 5.74) is 6.66. The summed E-state index contributed by atoms with van der Waals surface area (Å²) in [4.78, 5) is 17.4. The van der Waals surface area contributed by atoms with Gasteiger partial charge < -0.3 is 15.8 Å². The highest BCUT2D eigenvalue weighted by Gasteiger charge is 2.10. The standard InChI is InChI=1S/C8H7N3O2/c9-4-1-5-6(8(12)13)3-11-7(5)10-2-4/h1-3H,9H2,(H,10,11)(H,12,13). The Morgan fingerprint density at radius 1 is 1.62 bits per heavy atom. The predicted octanol–water partition coefficient (Wildman–Crippen LogP) is 0.843. The molecule has 2 aromatic heterocycles. The molecular weight excluding hydrogens is 170 g/mol. The number of nitrogens with one attached hydrogen (secondary N) is 1. The molecule has 0 aliphatic rings. The summed E-state index contributed by atoms with van der Waals surface area (Å²) in [6.45, 7) is 0. The molecule has 0 atom stereocenters. The van der Waals surface area contributed by atoms with Crippen LogP contribution in [0.3, 0.4) is 0 Å². The van der Waals surface area contributed by atoms with Crippen LogP contribution in [0.4, 0.5) is 5.69 Å². The van der Waals surface area contributed by atoms with Crippen LogP contribution in [0.5, 0.6) is 0 Å². The molecule has 2 heterocycles. The lowest BCUT2D eigenvalue weighted by atomic mass is 10.2. The number of hydrogen-bond donors (Lipinski definition) is 3. The number of H-pyrrole nitrogens is 1. The van der Waals surface area contributed by atoms with Gasteiger partial charge in [0.15, 0.2) is 0 Å². The molecule has 0 aliphatic heterocycles. The van der Waals surface area contributed by atoms with Crippen molar-refractivity contribution in [3.63, 3.8) is 0 Å². The fraction of sp³-hybridized carbons (Fsp3) is 0. The zero-order valence-corrected chi connectivity index (χ0v) is 6.61. The van der Waals surface area contributed by atoms with E-state index in [4.69, 9.17) is 10.8 Å². The first-order valence-electron chi connectivity index (χ1n) is 3.64. The summed E-state index contributed by atoms with van der Waals surface area (Å²) in [5.74, 6) is -0.987. The minimum Gasteiger partial charge on any atom is -0.478 e. The van der Waals surface area contributed by atoms with Crippen LogP contribution in [0.15, 0.2) is 18.5 Å². The number of carbonyl (C=O) groups is 1. The van der Waals surface area contributed by atoms with E-state index in [1.165, 1.54) is 12.4 Å². The number of pyridine rings is 1. The average molecular weight is 177 g/mol. The number of nitrogen functional groups attached to an aromatic ring is 1. The third-order valence-corrected chi connectivity index (χ3v) is 1.78. The summed E-state index contributed by atoms with van der Waals surface area (Å²) in [6, 6.07) is 1.59. The Bertz CT molecular complexity index is 475. The second-order valence-corrected chi connectivity index (χ2v) is 2.67. The van der Waals surface area contributed by atoms with E-state index >= 15 is 0 Å². The van der Waals surface area contributed by atoms with Crippen molar-refractivity contribution in [1.82, 2.24) is 9.97 Å². The first kappa shape index (κ1) is 7.60. The van der Waals surface area contributed by atoms with Gasteiger partial charge >= 0.3 is 5.97 Å². The van der Waals surface area contributed by atoms with Crippen LogP contribution < -0.4 is 5.73 Å². The van der Waals surface area contributed by atoms with Crippen molar-refractivity contribution >= 4 is 22.7 Å². The Labute approximate surface area is 73.2 Å². The van der Waals surface area contributed by atoms with E-state index in [2.05, 4.69) is 9.97 Å². The molecule has 5 heteroatoms. The molecule has 13 heavy (non-hydrogen) atoms. The number of aromatic amines is 1. The summed E-state index contributed by atoms with van der Waals surface area (Å²) >= 11 is 0. The third kappa shape index (κ3) is 1.10. The van der Waals surface area contributed by atoms with E-state index in [1.54, 1.807) is 6.07 Å². The van der Waals surface area contributed by atoms with Crippen LogP contribution in [0.2, 0.25) is 0 Å². The maximum Gasteiger partial charge on any atom is 0.337 e. The van der Waals surface area contributed by atoms with E-state index < -0.39 is 5.97 Å². The second-order valence-electron chi connectivity index (χ2n) is 2.67. The van der Waals surface area contributed by atoms with E-state index in [1.807, 2.05) is 0 Å². The largest absolute Gasteiger partial charge is 0.478 e. The van der Waals surface area contributed by atoms with Gasteiger partial charge in [-0.25, -0.2) is 9.78 Å². The molecule has 4 N–H and O–H groups in total. The number of carboxylic acid groups (broad SMARTS) is 1. The van der Waals surface area contributed by atoms with Gasteiger partial charge in [-0.05, 0) is 6.07 Å². The van der Waals surface area contributed by atoms with Gasteiger partial charge in [0.2, 0.25) is 0 Å². The number of carboxylic acids is 1. The van der Waals surface area contributed by atoms with Crippen LogP contribution in [-0.4, -0.2) is 21.0 Å². The lowest BCUT2D eigenvalue weighted by molar-refractivity contribution is 0.0699. The summed E-state index contributed by atoms with van der Waals surface area (Å²) in [7, 11) is 0. The van der Waals surface area contributed by atoms with Crippen LogP contribution in [0.25, 0.3) is 11.0 Å². The Hall–Kier alpha value is -2.04. The van der Waals surface area contributed by atoms with Crippen LogP contribution in [-0.2, 0) is 0 Å². The van der Waals surface area contributed by atoms with Gasteiger partial charge in [-0.15, -0.1) is 0 Å². The highest BCUT2D eigenvalue weighted by atomic mass is 16.4. The molecule has 2 aromatic rings. The molecular formula is C8H7N3O2. The number of anilines is 1. The quantitative estimate of drug-likeness (QED) is 0.601. The van der Waals surface area contributed by atoms with Crippen LogP contribution in [0.1, 0.15) is 10.4 Å². The van der Waals surface area contributed by atoms with Crippen molar-refractivity contribution in [3.8, 4) is 0 Å². The molecule has 0 unspecified atom stereocenters. The molecule has 0 aromatic carbocycles. The molecule has 0 saturated carbocycles. The molecule has 0 aliphatic carbocycles. The fourth-order valence-electron chi connectivity index (χ4n) is 1.20. The van der Waals surface area contributed by atoms with Gasteiger partial charge in [-0.3, -0.25) is 0 Å². The van der Waals surface area contributed by atoms with Crippen molar-refractivity contribution in [1.29, 1.82) is 0 Å². The zero-order valence-electron chi connectivity index (χ0n) is 6.61. The fourth-order valence-corrected chi connectivity index (χ4v) is 1.20. The Kier molecular flexibility index (Phi) is 1.45. The Morgan fingerprint density at radius 2 is 2.38 bits per heavy atom. The molecule has 2 rings (SSSR count). The van der Waals surface area contributed by atoms with Crippen LogP contribution >= 0.6 is 0 Å². The lowest BCUT2D eigenvalue weighted by Gasteiger charge is -1.93. The van der Waals surface area contributed by atoms with E-state index in [0.717, 1.165) is 0 Å². The highest BCUT2D eigenvalue weighted by Crippen LogP contribution is 2.18. The molecule has 0 amide bonds. The topological polar surface area (TPSA) is 92.0 Å². The van der Waals surface area contributed by atoms with E-state index in [0.29, 0.717) is 16.7 Å². The molecule has 0 bridgehead atoms. The maximum atomic E-state index is 10.7. The van der Waals surface area contributed by atoms with Gasteiger partial charge in [-0.1, -0.05) is 0 Å². The minimum absolute atomic E-state index is 0.190. The molecule has 0 fully saturated rings. The molecule has 0 saturated heterocycles. The van der Waals surface area contributed by atoms with Gasteiger partial charge in [-0.2, -0.15) is 0 Å². The maximum absolute atomic E-state index is 10.7. The van der Waals surface area contributed by atoms with Crippen molar-refractivity contribution in [2.75, 3.05) is 5.73 Å². The van der Waals surface area contributed by atoms with Gasteiger partial charge in [0, 0.05) is 11.6 Å². The number of fused-ring (bicyclic) bond motifs is 1. The molecule has 66 valence electrons. The Morgan fingerprint density at radius 3 is 3.08 bits per heavy atom.